The van der Waals surface area contributed by atoms with Crippen LogP contribution in [0.1, 0.15) is 18.9 Å². The van der Waals surface area contributed by atoms with Crippen LogP contribution in [0.5, 0.6) is 17.2 Å². The van der Waals surface area contributed by atoms with Crippen LogP contribution in [0, 0.1) is 5.41 Å². The average Bonchev–Trinajstić information content (AvgIpc) is 2.97. The lowest BCUT2D eigenvalue weighted by Gasteiger charge is -2.26. The molecule has 0 aromatic heterocycles. The van der Waals surface area contributed by atoms with Crippen molar-refractivity contribution in [1.82, 2.24) is 4.90 Å². The van der Waals surface area contributed by atoms with E-state index < -0.39 is 0 Å². The Morgan fingerprint density at radius 2 is 1.39 bits per heavy atom. The number of nitrogens with zero attached hydrogens (tertiary/aromatic N) is 1. The molecule has 3 N–H and O–H groups in total. The molecule has 0 amide bonds. The summed E-state index contributed by atoms with van der Waals surface area (Å²) in [6.07, 6.45) is 2.96. The summed E-state index contributed by atoms with van der Waals surface area (Å²) < 4.78 is 22.9. The number of hydrogen-bond donors (Lipinski definition) is 2. The molecule has 1 aliphatic heterocycles. The zero-order valence-electron chi connectivity index (χ0n) is 22.2. The van der Waals surface area contributed by atoms with Crippen molar-refractivity contribution in [3.8, 4) is 28.4 Å². The number of ether oxygens (including phenoxy) is 4. The van der Waals surface area contributed by atoms with E-state index in [1.807, 2.05) is 78.9 Å². The number of benzene rings is 3. The largest absolute Gasteiger partial charge is 0.492 e. The van der Waals surface area contributed by atoms with Crippen LogP contribution in [-0.4, -0.2) is 63.4 Å². The summed E-state index contributed by atoms with van der Waals surface area (Å²) in [4.78, 5) is 2.35. The summed E-state index contributed by atoms with van der Waals surface area (Å²) in [7, 11) is 0. The molecule has 0 radical (unpaired) electrons. The second kappa shape index (κ2) is 16.1. The first-order chi connectivity index (χ1) is 18.6. The fourth-order valence-electron chi connectivity index (χ4n) is 3.68. The fourth-order valence-corrected chi connectivity index (χ4v) is 3.68. The predicted molar refractivity (Wildman–Crippen MR) is 154 cm³/mol. The monoisotopic (exact) mass is 517 g/mol. The maximum absolute atomic E-state index is 7.49. The maximum Gasteiger partial charge on any atom is 0.123 e. The molecule has 0 aliphatic carbocycles. The van der Waals surface area contributed by atoms with Gasteiger partial charge in [0.15, 0.2) is 0 Å². The van der Waals surface area contributed by atoms with Gasteiger partial charge >= 0.3 is 0 Å². The van der Waals surface area contributed by atoms with Crippen LogP contribution < -0.4 is 19.9 Å². The Labute approximate surface area is 226 Å². The number of allylic oxidation sites excluding steroid dienone is 1. The van der Waals surface area contributed by atoms with Gasteiger partial charge in [-0.2, -0.15) is 0 Å². The molecule has 38 heavy (non-hydrogen) atoms. The van der Waals surface area contributed by atoms with Crippen LogP contribution >= 0.6 is 0 Å². The molecule has 7 heteroatoms. The number of amidine groups is 1. The van der Waals surface area contributed by atoms with Gasteiger partial charge in [0.25, 0.3) is 0 Å². The number of nitrogen functional groups attached to an aromatic ring is 1. The zero-order valence-corrected chi connectivity index (χ0v) is 22.2. The first-order valence-corrected chi connectivity index (χ1v) is 13.0. The molecule has 1 fully saturated rings. The Bertz CT molecular complexity index is 1110. The molecule has 3 aromatic rings. The van der Waals surface area contributed by atoms with E-state index in [2.05, 4.69) is 18.4 Å². The Kier molecular flexibility index (Phi) is 12.2. The lowest BCUT2D eigenvalue weighted by molar-refractivity contribution is 0.0322. The smallest absolute Gasteiger partial charge is 0.123 e. The van der Waals surface area contributed by atoms with Crippen LogP contribution in [0.15, 0.2) is 85.5 Å². The molecule has 4 rings (SSSR count). The second-order valence-corrected chi connectivity index (χ2v) is 8.69. The van der Waals surface area contributed by atoms with E-state index in [1.54, 1.807) is 0 Å². The van der Waals surface area contributed by atoms with Gasteiger partial charge in [0.05, 0.1) is 13.2 Å². The SMILES string of the molecule is C=CCC.N=C(N)c1ccc(-c2ccc(OCCOc3cccc(OCCN4CCOCC4)c3)cc2)cc1. The highest BCUT2D eigenvalue weighted by Gasteiger charge is 2.10. The van der Waals surface area contributed by atoms with Crippen molar-refractivity contribution >= 4 is 5.84 Å². The van der Waals surface area contributed by atoms with Gasteiger partial charge in [-0.1, -0.05) is 55.5 Å². The summed E-state index contributed by atoms with van der Waals surface area (Å²) >= 11 is 0. The van der Waals surface area contributed by atoms with Gasteiger partial charge in [-0.25, -0.2) is 0 Å². The number of nitrogens with one attached hydrogen (secondary N) is 1. The minimum Gasteiger partial charge on any atom is -0.492 e. The van der Waals surface area contributed by atoms with E-state index >= 15 is 0 Å². The minimum absolute atomic E-state index is 0.0700. The average molecular weight is 518 g/mol. The molecular formula is C31H39N3O4. The summed E-state index contributed by atoms with van der Waals surface area (Å²) in [5.41, 5.74) is 8.37. The molecule has 3 aromatic carbocycles. The molecule has 0 saturated carbocycles. The molecule has 0 bridgehead atoms. The van der Waals surface area contributed by atoms with Crippen LogP contribution in [0.2, 0.25) is 0 Å². The van der Waals surface area contributed by atoms with Gasteiger partial charge in [0.2, 0.25) is 0 Å². The van der Waals surface area contributed by atoms with Crippen molar-refractivity contribution in [3.05, 3.63) is 91.0 Å². The van der Waals surface area contributed by atoms with Crippen molar-refractivity contribution in [2.75, 3.05) is 52.7 Å². The number of nitrogens with two attached hydrogens (primary N) is 1. The lowest BCUT2D eigenvalue weighted by atomic mass is 10.0. The van der Waals surface area contributed by atoms with E-state index in [0.29, 0.717) is 25.4 Å². The molecule has 7 nitrogen and oxygen atoms in total. The summed E-state index contributed by atoms with van der Waals surface area (Å²) in [6.45, 7) is 11.5. The third-order valence-electron chi connectivity index (χ3n) is 5.88. The maximum atomic E-state index is 7.49. The van der Waals surface area contributed by atoms with E-state index in [9.17, 15) is 0 Å². The molecule has 0 atom stereocenters. The molecule has 1 saturated heterocycles. The third kappa shape index (κ3) is 9.92. The summed E-state index contributed by atoms with van der Waals surface area (Å²) in [5.74, 6) is 2.42. The quantitative estimate of drug-likeness (QED) is 0.145. The zero-order chi connectivity index (χ0) is 27.0. The third-order valence-corrected chi connectivity index (χ3v) is 5.88. The van der Waals surface area contributed by atoms with E-state index in [0.717, 1.165) is 67.6 Å². The molecule has 1 heterocycles. The standard InChI is InChI=1S/C27H31N3O4.C4H8/c28-27(29)23-6-4-21(5-7-23)22-8-10-24(11-9-22)33-18-19-34-26-3-1-2-25(20-26)32-17-14-30-12-15-31-16-13-30;1-3-4-2/h1-11,20H,12-19H2,(H3,28,29);3H,1,4H2,2H3. The van der Waals surface area contributed by atoms with Gasteiger partial charge in [-0.15, -0.1) is 6.58 Å². The highest BCUT2D eigenvalue weighted by atomic mass is 16.5. The van der Waals surface area contributed by atoms with Gasteiger partial charge in [-0.3, -0.25) is 10.3 Å². The molecule has 1 aliphatic rings. The van der Waals surface area contributed by atoms with Gasteiger partial charge in [0.1, 0.15) is 42.9 Å². The minimum atomic E-state index is 0.0700. The Balaban J connectivity index is 0.000000934. The van der Waals surface area contributed by atoms with Gasteiger partial charge in [-0.05, 0) is 41.8 Å². The number of morpholine rings is 1. The van der Waals surface area contributed by atoms with Crippen LogP contribution in [0.3, 0.4) is 0 Å². The molecular weight excluding hydrogens is 478 g/mol. The lowest BCUT2D eigenvalue weighted by Crippen LogP contribution is -2.38. The second-order valence-electron chi connectivity index (χ2n) is 8.69. The van der Waals surface area contributed by atoms with E-state index in [4.69, 9.17) is 30.1 Å². The van der Waals surface area contributed by atoms with E-state index in [-0.39, 0.29) is 5.84 Å². The van der Waals surface area contributed by atoms with Crippen LogP contribution in [0.25, 0.3) is 11.1 Å². The van der Waals surface area contributed by atoms with Crippen LogP contribution in [0.4, 0.5) is 0 Å². The predicted octanol–water partition coefficient (Wildman–Crippen LogP) is 5.39. The van der Waals surface area contributed by atoms with Gasteiger partial charge < -0.3 is 24.7 Å². The fraction of sp³-hybridized carbons (Fsp3) is 0.323. The van der Waals surface area contributed by atoms with Crippen molar-refractivity contribution in [2.24, 2.45) is 5.73 Å². The van der Waals surface area contributed by atoms with Crippen molar-refractivity contribution in [3.63, 3.8) is 0 Å². The number of rotatable bonds is 12. The van der Waals surface area contributed by atoms with Crippen molar-refractivity contribution in [2.45, 2.75) is 13.3 Å². The van der Waals surface area contributed by atoms with Crippen LogP contribution in [-0.2, 0) is 4.74 Å². The highest BCUT2D eigenvalue weighted by molar-refractivity contribution is 5.95. The van der Waals surface area contributed by atoms with Crippen molar-refractivity contribution in [1.29, 1.82) is 5.41 Å². The Hall–Kier alpha value is -3.81. The van der Waals surface area contributed by atoms with Crippen molar-refractivity contribution < 1.29 is 18.9 Å². The Morgan fingerprint density at radius 1 is 0.868 bits per heavy atom. The van der Waals surface area contributed by atoms with E-state index in [1.165, 1.54) is 0 Å². The molecule has 0 unspecified atom stereocenters. The Morgan fingerprint density at radius 3 is 1.95 bits per heavy atom. The number of hydrogen-bond acceptors (Lipinski definition) is 6. The normalized spacial score (nSPS) is 13.1. The van der Waals surface area contributed by atoms with Gasteiger partial charge in [0, 0.05) is 31.3 Å². The first-order valence-electron chi connectivity index (χ1n) is 13.0. The molecule has 0 spiro atoms. The highest BCUT2D eigenvalue weighted by Crippen LogP contribution is 2.23. The summed E-state index contributed by atoms with van der Waals surface area (Å²) in [6, 6.07) is 23.2. The molecule has 202 valence electrons. The first kappa shape index (κ1) is 28.8. The topological polar surface area (TPSA) is 90.0 Å². The summed E-state index contributed by atoms with van der Waals surface area (Å²) in [5, 5.41) is 7.49.